The van der Waals surface area contributed by atoms with Crippen LogP contribution in [0.5, 0.6) is 0 Å². The number of aromatic amines is 1. The fourth-order valence-corrected chi connectivity index (χ4v) is 4.55. The third-order valence-electron chi connectivity index (χ3n) is 5.51. The smallest absolute Gasteiger partial charge is 0.180 e. The zero-order valence-electron chi connectivity index (χ0n) is 16.4. The quantitative estimate of drug-likeness (QED) is 0.536. The van der Waals surface area contributed by atoms with Gasteiger partial charge in [-0.3, -0.25) is 9.50 Å². The molecule has 4 aromatic rings. The highest BCUT2D eigenvalue weighted by Gasteiger charge is 2.23. The Morgan fingerprint density at radius 2 is 2.07 bits per heavy atom. The minimum Gasteiger partial charge on any atom is -0.356 e. The summed E-state index contributed by atoms with van der Waals surface area (Å²) >= 11 is 0. The Bertz CT molecular complexity index is 1300. The largest absolute Gasteiger partial charge is 0.356 e. The molecule has 0 saturated carbocycles. The summed E-state index contributed by atoms with van der Waals surface area (Å²) in [5.74, 6) is 1.77. The van der Waals surface area contributed by atoms with E-state index in [1.165, 1.54) is 11.8 Å². The minimum absolute atomic E-state index is 0.226. The molecule has 1 atom stereocenters. The van der Waals surface area contributed by atoms with Gasteiger partial charge in [-0.15, -0.1) is 0 Å². The predicted octanol–water partition coefficient (Wildman–Crippen LogP) is 2.30. The molecule has 5 rings (SSSR count). The van der Waals surface area contributed by atoms with E-state index in [1.807, 2.05) is 18.5 Å². The van der Waals surface area contributed by atoms with E-state index >= 15 is 0 Å². The number of nitrogens with one attached hydrogen (secondary N) is 1. The molecule has 4 aromatic heterocycles. The first kappa shape index (κ1) is 18.7. The van der Waals surface area contributed by atoms with Gasteiger partial charge in [-0.05, 0) is 36.6 Å². The molecule has 0 radical (unpaired) electrons. The molecule has 0 bridgehead atoms. The number of hydrogen-bond acceptors (Lipinski definition) is 7. The van der Waals surface area contributed by atoms with Crippen molar-refractivity contribution in [1.29, 1.82) is 0 Å². The molecule has 1 aliphatic heterocycles. The number of H-pyrrole nitrogens is 1. The Balaban J connectivity index is 1.49. The Morgan fingerprint density at radius 3 is 2.87 bits per heavy atom. The molecule has 1 N–H and O–H groups in total. The van der Waals surface area contributed by atoms with Gasteiger partial charge in [0.1, 0.15) is 17.2 Å². The molecule has 0 aliphatic carbocycles. The van der Waals surface area contributed by atoms with Gasteiger partial charge in [0.2, 0.25) is 0 Å². The van der Waals surface area contributed by atoms with Gasteiger partial charge in [-0.25, -0.2) is 23.4 Å². The van der Waals surface area contributed by atoms with Crippen LogP contribution in [0.4, 0.5) is 5.82 Å². The van der Waals surface area contributed by atoms with Gasteiger partial charge in [0, 0.05) is 43.9 Å². The van der Waals surface area contributed by atoms with Crippen molar-refractivity contribution in [2.45, 2.75) is 23.7 Å². The maximum atomic E-state index is 12.0. The maximum absolute atomic E-state index is 12.0. The molecule has 1 unspecified atom stereocenters. The van der Waals surface area contributed by atoms with Gasteiger partial charge in [0.15, 0.2) is 15.7 Å². The zero-order chi connectivity index (χ0) is 20.7. The Kier molecular flexibility index (Phi) is 4.50. The van der Waals surface area contributed by atoms with Crippen LogP contribution in [0.25, 0.3) is 17.2 Å². The summed E-state index contributed by atoms with van der Waals surface area (Å²) in [5.41, 5.74) is 2.51. The predicted molar refractivity (Wildman–Crippen MR) is 112 cm³/mol. The molecule has 1 aliphatic rings. The van der Waals surface area contributed by atoms with E-state index in [-0.39, 0.29) is 4.90 Å². The summed E-state index contributed by atoms with van der Waals surface area (Å²) in [6.45, 7) is 1.79. The van der Waals surface area contributed by atoms with Crippen molar-refractivity contribution in [2.24, 2.45) is 0 Å². The van der Waals surface area contributed by atoms with E-state index in [1.54, 1.807) is 35.1 Å². The van der Waals surface area contributed by atoms with Crippen LogP contribution in [0.15, 0.2) is 54.1 Å². The topological polar surface area (TPSA) is 109 Å². The zero-order valence-corrected chi connectivity index (χ0v) is 17.2. The van der Waals surface area contributed by atoms with Crippen molar-refractivity contribution in [3.05, 3.63) is 54.7 Å². The summed E-state index contributed by atoms with van der Waals surface area (Å²) in [4.78, 5) is 16.1. The van der Waals surface area contributed by atoms with Crippen molar-refractivity contribution < 1.29 is 8.42 Å². The maximum Gasteiger partial charge on any atom is 0.180 e. The number of fused-ring (bicyclic) bond motifs is 1. The monoisotopic (exact) mass is 423 g/mol. The first-order valence-corrected chi connectivity index (χ1v) is 11.6. The molecule has 1 fully saturated rings. The lowest BCUT2D eigenvalue weighted by Gasteiger charge is -2.33. The lowest BCUT2D eigenvalue weighted by molar-refractivity contribution is 0.507. The van der Waals surface area contributed by atoms with E-state index in [2.05, 4.69) is 25.1 Å². The molecular weight excluding hydrogens is 402 g/mol. The second kappa shape index (κ2) is 7.21. The molecule has 5 heterocycles. The number of hydrogen-bond donors (Lipinski definition) is 1. The van der Waals surface area contributed by atoms with Gasteiger partial charge < -0.3 is 4.90 Å². The summed E-state index contributed by atoms with van der Waals surface area (Å²) in [6.07, 6.45) is 12.2. The number of sulfone groups is 1. The second-order valence-corrected chi connectivity index (χ2v) is 9.58. The number of piperidine rings is 1. The lowest BCUT2D eigenvalue weighted by Crippen LogP contribution is -2.34. The molecule has 10 heteroatoms. The molecule has 0 amide bonds. The highest BCUT2D eigenvalue weighted by Crippen LogP contribution is 2.29. The Morgan fingerprint density at radius 1 is 1.17 bits per heavy atom. The normalized spacial score (nSPS) is 17.5. The number of imidazole rings is 1. The highest BCUT2D eigenvalue weighted by molar-refractivity contribution is 7.90. The van der Waals surface area contributed by atoms with Crippen LogP contribution in [-0.2, 0) is 9.84 Å². The number of pyridine rings is 1. The molecule has 9 nitrogen and oxygen atoms in total. The fraction of sp³-hybridized carbons (Fsp3) is 0.300. The van der Waals surface area contributed by atoms with Gasteiger partial charge in [0.25, 0.3) is 0 Å². The van der Waals surface area contributed by atoms with E-state index in [0.717, 1.165) is 31.7 Å². The molecular formula is C20H21N7O2S. The van der Waals surface area contributed by atoms with Crippen LogP contribution in [-0.4, -0.2) is 57.3 Å². The summed E-state index contributed by atoms with van der Waals surface area (Å²) in [7, 11) is -3.33. The second-order valence-electron chi connectivity index (χ2n) is 7.56. The average molecular weight is 424 g/mol. The van der Waals surface area contributed by atoms with Crippen molar-refractivity contribution in [1.82, 2.24) is 29.5 Å². The van der Waals surface area contributed by atoms with Crippen LogP contribution in [0.1, 0.15) is 24.3 Å². The Hall–Kier alpha value is -3.27. The van der Waals surface area contributed by atoms with E-state index < -0.39 is 9.84 Å². The molecule has 0 aromatic carbocycles. The molecule has 154 valence electrons. The first-order valence-electron chi connectivity index (χ1n) is 9.73. The molecule has 30 heavy (non-hydrogen) atoms. The van der Waals surface area contributed by atoms with Gasteiger partial charge in [-0.1, -0.05) is 0 Å². The van der Waals surface area contributed by atoms with Crippen LogP contribution in [0.2, 0.25) is 0 Å². The van der Waals surface area contributed by atoms with E-state index in [9.17, 15) is 8.42 Å². The van der Waals surface area contributed by atoms with E-state index in [0.29, 0.717) is 23.1 Å². The summed E-state index contributed by atoms with van der Waals surface area (Å²) in [6, 6.07) is 5.15. The summed E-state index contributed by atoms with van der Waals surface area (Å²) in [5, 5.41) is 6.97. The fourth-order valence-electron chi connectivity index (χ4n) is 3.94. The third-order valence-corrected chi connectivity index (χ3v) is 6.61. The Labute approximate surface area is 173 Å². The van der Waals surface area contributed by atoms with Crippen molar-refractivity contribution in [3.63, 3.8) is 0 Å². The van der Waals surface area contributed by atoms with Crippen molar-refractivity contribution in [3.8, 4) is 11.5 Å². The number of nitrogens with zero attached hydrogens (tertiary/aromatic N) is 6. The van der Waals surface area contributed by atoms with Crippen LogP contribution in [0.3, 0.4) is 0 Å². The first-order chi connectivity index (χ1) is 14.5. The van der Waals surface area contributed by atoms with E-state index in [4.69, 9.17) is 4.98 Å². The average Bonchev–Trinajstić information content (AvgIpc) is 3.43. The highest BCUT2D eigenvalue weighted by atomic mass is 32.2. The van der Waals surface area contributed by atoms with Gasteiger partial charge in [-0.2, -0.15) is 5.10 Å². The van der Waals surface area contributed by atoms with Crippen LogP contribution >= 0.6 is 0 Å². The van der Waals surface area contributed by atoms with Crippen molar-refractivity contribution >= 4 is 21.3 Å². The van der Waals surface area contributed by atoms with Crippen molar-refractivity contribution in [2.75, 3.05) is 24.2 Å². The summed E-state index contributed by atoms with van der Waals surface area (Å²) < 4.78 is 25.6. The van der Waals surface area contributed by atoms with Gasteiger partial charge >= 0.3 is 0 Å². The standard InChI is InChI=1S/C20H21N7O2S/c1-30(28,29)16-4-5-18-22-11-17(27(18)13-16)20-21-7-6-19(25-20)26-8-2-3-14(12-26)15-9-23-24-10-15/h4-7,9-11,13-14H,2-3,8,12H2,1H3,(H,23,24). The lowest BCUT2D eigenvalue weighted by atomic mass is 9.93. The molecule has 0 spiro atoms. The minimum atomic E-state index is -3.33. The SMILES string of the molecule is CS(=O)(=O)c1ccc2ncc(-c3nccc(N4CCCC(c5cn[nH]c5)C4)n3)n2c1. The van der Waals surface area contributed by atoms with Gasteiger partial charge in [0.05, 0.1) is 17.3 Å². The van der Waals surface area contributed by atoms with Crippen LogP contribution in [0, 0.1) is 0 Å². The molecule has 1 saturated heterocycles. The van der Waals surface area contributed by atoms with Crippen LogP contribution < -0.4 is 4.90 Å². The number of aromatic nitrogens is 6. The third kappa shape index (κ3) is 3.43. The number of rotatable bonds is 4. The number of anilines is 1.